The second-order valence-electron chi connectivity index (χ2n) is 3.92. The van der Waals surface area contributed by atoms with Gasteiger partial charge >= 0.3 is 0 Å². The highest BCUT2D eigenvalue weighted by molar-refractivity contribution is 5.05. The molecule has 0 unspecified atom stereocenters. The van der Waals surface area contributed by atoms with Gasteiger partial charge in [0.1, 0.15) is 0 Å². The molecule has 2 rings (SSSR count). The van der Waals surface area contributed by atoms with Crippen LogP contribution in [0.25, 0.3) is 0 Å². The summed E-state index contributed by atoms with van der Waals surface area (Å²) in [6.45, 7) is 7.90. The lowest BCUT2D eigenvalue weighted by atomic mass is 9.88. The Balaban J connectivity index is 0.000000336. The zero-order valence-electron chi connectivity index (χ0n) is 8.93. The third-order valence-electron chi connectivity index (χ3n) is 3.07. The van der Waals surface area contributed by atoms with E-state index in [4.69, 9.17) is 0 Å². The van der Waals surface area contributed by atoms with Crippen LogP contribution < -0.4 is 0 Å². The highest BCUT2D eigenvalue weighted by Crippen LogP contribution is 2.34. The summed E-state index contributed by atoms with van der Waals surface area (Å²) in [5.41, 5.74) is 0.606. The van der Waals surface area contributed by atoms with Crippen molar-refractivity contribution in [2.75, 3.05) is 33.7 Å². The number of rotatable bonds is 0. The second kappa shape index (κ2) is 3.75. The summed E-state index contributed by atoms with van der Waals surface area (Å²) in [7, 11) is 4.47. The van der Waals surface area contributed by atoms with Crippen molar-refractivity contribution in [1.82, 2.24) is 9.80 Å². The fourth-order valence-electron chi connectivity index (χ4n) is 2.43. The smallest absolute Gasteiger partial charge is 0.0460 e. The standard InChI is InChI=1S/C8H16N2.C2H6/c1-9-6-8(7-9)4-3-5-10(8)2;1-2/h3-7H2,1-2H3;1-2H3. The van der Waals surface area contributed by atoms with Gasteiger partial charge in [0.25, 0.3) is 0 Å². The van der Waals surface area contributed by atoms with Gasteiger partial charge in [0.05, 0.1) is 0 Å². The largest absolute Gasteiger partial charge is 0.303 e. The summed E-state index contributed by atoms with van der Waals surface area (Å²) < 4.78 is 0. The average molecular weight is 170 g/mol. The van der Waals surface area contributed by atoms with Gasteiger partial charge in [-0.1, -0.05) is 13.8 Å². The molecule has 0 aliphatic carbocycles. The van der Waals surface area contributed by atoms with Crippen molar-refractivity contribution in [1.29, 1.82) is 0 Å². The topological polar surface area (TPSA) is 6.48 Å². The first-order chi connectivity index (χ1) is 5.73. The van der Waals surface area contributed by atoms with Crippen molar-refractivity contribution < 1.29 is 0 Å². The normalized spacial score (nSPS) is 28.0. The first-order valence-electron chi connectivity index (χ1n) is 5.13. The van der Waals surface area contributed by atoms with Crippen LogP contribution in [0.5, 0.6) is 0 Å². The summed E-state index contributed by atoms with van der Waals surface area (Å²) in [4.78, 5) is 4.94. The molecule has 12 heavy (non-hydrogen) atoms. The van der Waals surface area contributed by atoms with E-state index in [1.807, 2.05) is 13.8 Å². The molecule has 2 heteroatoms. The van der Waals surface area contributed by atoms with Crippen LogP contribution in [0.15, 0.2) is 0 Å². The molecule has 2 aliphatic rings. The molecule has 72 valence electrons. The summed E-state index contributed by atoms with van der Waals surface area (Å²) in [6, 6.07) is 0. The van der Waals surface area contributed by atoms with E-state index in [2.05, 4.69) is 23.9 Å². The Morgan fingerprint density at radius 1 is 1.08 bits per heavy atom. The maximum Gasteiger partial charge on any atom is 0.0460 e. The fourth-order valence-corrected chi connectivity index (χ4v) is 2.43. The van der Waals surface area contributed by atoms with Crippen LogP contribution >= 0.6 is 0 Å². The molecule has 2 aliphatic heterocycles. The van der Waals surface area contributed by atoms with E-state index in [9.17, 15) is 0 Å². The van der Waals surface area contributed by atoms with Gasteiger partial charge in [-0.2, -0.15) is 0 Å². The molecular weight excluding hydrogens is 148 g/mol. The molecule has 0 aromatic rings. The summed E-state index contributed by atoms with van der Waals surface area (Å²) >= 11 is 0. The molecule has 0 bridgehead atoms. The van der Waals surface area contributed by atoms with Gasteiger partial charge in [-0.15, -0.1) is 0 Å². The van der Waals surface area contributed by atoms with E-state index in [0.29, 0.717) is 5.54 Å². The molecule has 2 nitrogen and oxygen atoms in total. The number of likely N-dealkylation sites (tertiary alicyclic amines) is 2. The van der Waals surface area contributed by atoms with Crippen molar-refractivity contribution >= 4 is 0 Å². The van der Waals surface area contributed by atoms with E-state index >= 15 is 0 Å². The van der Waals surface area contributed by atoms with Crippen molar-refractivity contribution in [3.63, 3.8) is 0 Å². The summed E-state index contributed by atoms with van der Waals surface area (Å²) in [5.74, 6) is 0. The van der Waals surface area contributed by atoms with Gasteiger partial charge in [0.15, 0.2) is 0 Å². The Hall–Kier alpha value is -0.0800. The molecule has 1 spiro atoms. The van der Waals surface area contributed by atoms with E-state index in [-0.39, 0.29) is 0 Å². The minimum absolute atomic E-state index is 0.606. The first kappa shape index (κ1) is 10.0. The van der Waals surface area contributed by atoms with Crippen LogP contribution in [0.1, 0.15) is 26.7 Å². The van der Waals surface area contributed by atoms with Crippen LogP contribution in [0.2, 0.25) is 0 Å². The van der Waals surface area contributed by atoms with E-state index in [0.717, 1.165) is 0 Å². The van der Waals surface area contributed by atoms with Gasteiger partial charge in [-0.3, -0.25) is 4.90 Å². The highest BCUT2D eigenvalue weighted by atomic mass is 15.3. The van der Waals surface area contributed by atoms with Crippen molar-refractivity contribution in [2.45, 2.75) is 32.2 Å². The third-order valence-corrected chi connectivity index (χ3v) is 3.07. The Morgan fingerprint density at radius 3 is 2.00 bits per heavy atom. The second-order valence-corrected chi connectivity index (χ2v) is 3.92. The maximum absolute atomic E-state index is 2.53. The number of hydrogen-bond acceptors (Lipinski definition) is 2. The maximum atomic E-state index is 2.53. The molecule has 0 aromatic carbocycles. The zero-order valence-corrected chi connectivity index (χ0v) is 8.93. The Labute approximate surface area is 76.5 Å². The van der Waals surface area contributed by atoms with Crippen LogP contribution in [0, 0.1) is 0 Å². The molecule has 0 amide bonds. The van der Waals surface area contributed by atoms with Crippen LogP contribution in [-0.2, 0) is 0 Å². The fraction of sp³-hybridized carbons (Fsp3) is 1.00. The molecule has 0 atom stereocenters. The van der Waals surface area contributed by atoms with E-state index in [1.165, 1.54) is 32.5 Å². The molecule has 2 saturated heterocycles. The number of likely N-dealkylation sites (N-methyl/N-ethyl adjacent to an activating group) is 2. The SMILES string of the molecule is CC.CN1CC2(CCCN2C)C1. The van der Waals surface area contributed by atoms with Crippen molar-refractivity contribution in [3.8, 4) is 0 Å². The van der Waals surface area contributed by atoms with Gasteiger partial charge < -0.3 is 4.90 Å². The van der Waals surface area contributed by atoms with Gasteiger partial charge in [0.2, 0.25) is 0 Å². The average Bonchev–Trinajstić information content (AvgIpc) is 2.37. The first-order valence-corrected chi connectivity index (χ1v) is 5.13. The van der Waals surface area contributed by atoms with Gasteiger partial charge in [0, 0.05) is 18.6 Å². The van der Waals surface area contributed by atoms with Crippen LogP contribution in [-0.4, -0.2) is 49.1 Å². The molecular formula is C10H22N2. The van der Waals surface area contributed by atoms with Crippen molar-refractivity contribution in [2.24, 2.45) is 0 Å². The Kier molecular flexibility index (Phi) is 3.13. The van der Waals surface area contributed by atoms with Crippen LogP contribution in [0.3, 0.4) is 0 Å². The molecule has 0 radical (unpaired) electrons. The molecule has 0 aromatic heterocycles. The highest BCUT2D eigenvalue weighted by Gasteiger charge is 2.46. The molecule has 0 saturated carbocycles. The molecule has 0 N–H and O–H groups in total. The van der Waals surface area contributed by atoms with E-state index < -0.39 is 0 Å². The summed E-state index contributed by atoms with van der Waals surface area (Å²) in [6.07, 6.45) is 2.83. The van der Waals surface area contributed by atoms with Gasteiger partial charge in [-0.05, 0) is 33.5 Å². The Bertz CT molecular complexity index is 139. The predicted molar refractivity (Wildman–Crippen MR) is 53.4 cm³/mol. The quantitative estimate of drug-likeness (QED) is 0.542. The number of hydrogen-bond donors (Lipinski definition) is 0. The zero-order chi connectivity index (χ0) is 9.19. The lowest BCUT2D eigenvalue weighted by Gasteiger charge is -2.50. The lowest BCUT2D eigenvalue weighted by Crippen LogP contribution is -2.65. The minimum Gasteiger partial charge on any atom is -0.303 e. The molecule has 2 heterocycles. The van der Waals surface area contributed by atoms with E-state index in [1.54, 1.807) is 0 Å². The predicted octanol–water partition coefficient (Wildman–Crippen LogP) is 1.42. The lowest BCUT2D eigenvalue weighted by molar-refractivity contribution is 0.00105. The Morgan fingerprint density at radius 2 is 1.67 bits per heavy atom. The van der Waals surface area contributed by atoms with Gasteiger partial charge in [-0.25, -0.2) is 0 Å². The molecule has 2 fully saturated rings. The summed E-state index contributed by atoms with van der Waals surface area (Å²) in [5, 5.41) is 0. The van der Waals surface area contributed by atoms with Crippen LogP contribution in [0.4, 0.5) is 0 Å². The number of nitrogens with zero attached hydrogens (tertiary/aromatic N) is 2. The monoisotopic (exact) mass is 170 g/mol. The minimum atomic E-state index is 0.606. The third kappa shape index (κ3) is 1.50. The van der Waals surface area contributed by atoms with Crippen molar-refractivity contribution in [3.05, 3.63) is 0 Å².